The summed E-state index contributed by atoms with van der Waals surface area (Å²) in [4.78, 5) is 22.5. The molecule has 40 heavy (non-hydrogen) atoms. The molecular weight excluding hydrogens is 526 g/mol. The molecule has 3 rings (SSSR count). The van der Waals surface area contributed by atoms with E-state index in [1.165, 1.54) is 18.2 Å². The van der Waals surface area contributed by atoms with E-state index < -0.39 is 29.4 Å². The molecule has 0 aliphatic heterocycles. The maximum atomic E-state index is 14.4. The molecule has 5 nitrogen and oxygen atoms in total. The summed E-state index contributed by atoms with van der Waals surface area (Å²) in [6.07, 6.45) is 0.545. The number of carboxylic acids is 1. The lowest BCUT2D eigenvalue weighted by Gasteiger charge is -2.12. The smallest absolute Gasteiger partial charge is 0.416 e. The molecule has 0 fully saturated rings. The van der Waals surface area contributed by atoms with Gasteiger partial charge in [0.1, 0.15) is 11.6 Å². The second-order valence-electron chi connectivity index (χ2n) is 9.62. The van der Waals surface area contributed by atoms with E-state index in [4.69, 9.17) is 9.84 Å². The molecule has 0 aliphatic carbocycles. The van der Waals surface area contributed by atoms with Gasteiger partial charge in [0.15, 0.2) is 0 Å². The monoisotopic (exact) mass is 559 g/mol. The summed E-state index contributed by atoms with van der Waals surface area (Å²) in [6.45, 7) is 2.43. The van der Waals surface area contributed by atoms with Gasteiger partial charge >= 0.3 is 12.1 Å². The van der Waals surface area contributed by atoms with Crippen LogP contribution in [0.5, 0.6) is 5.75 Å². The van der Waals surface area contributed by atoms with Crippen molar-refractivity contribution in [2.45, 2.75) is 58.0 Å². The van der Waals surface area contributed by atoms with Gasteiger partial charge < -0.3 is 15.2 Å². The molecule has 0 bridgehead atoms. The van der Waals surface area contributed by atoms with E-state index in [9.17, 15) is 27.2 Å². The number of aryl methyl sites for hydroxylation is 2. The van der Waals surface area contributed by atoms with Crippen molar-refractivity contribution in [3.8, 4) is 16.9 Å². The third-order valence-electron chi connectivity index (χ3n) is 6.52. The second-order valence-corrected chi connectivity index (χ2v) is 9.62. The topological polar surface area (TPSA) is 75.6 Å². The molecule has 0 saturated carbocycles. The quantitative estimate of drug-likeness (QED) is 0.158. The van der Waals surface area contributed by atoms with Gasteiger partial charge in [0, 0.05) is 12.1 Å². The second kappa shape index (κ2) is 14.5. The number of ether oxygens (including phenoxy) is 1. The number of alkyl halides is 3. The first-order chi connectivity index (χ1) is 19.0. The molecule has 214 valence electrons. The van der Waals surface area contributed by atoms with E-state index in [1.54, 1.807) is 12.1 Å². The molecule has 0 spiro atoms. The number of amides is 1. The highest BCUT2D eigenvalue weighted by molar-refractivity contribution is 5.94. The highest BCUT2D eigenvalue weighted by atomic mass is 19.4. The van der Waals surface area contributed by atoms with Crippen LogP contribution >= 0.6 is 0 Å². The fourth-order valence-corrected chi connectivity index (χ4v) is 4.30. The zero-order valence-electron chi connectivity index (χ0n) is 22.3. The molecule has 0 atom stereocenters. The minimum atomic E-state index is -4.36. The van der Waals surface area contributed by atoms with Crippen molar-refractivity contribution in [3.05, 3.63) is 88.7 Å². The number of carboxylic acid groups (broad SMARTS) is 1. The fourth-order valence-electron chi connectivity index (χ4n) is 4.30. The van der Waals surface area contributed by atoms with Crippen LogP contribution in [-0.2, 0) is 17.4 Å². The van der Waals surface area contributed by atoms with Crippen molar-refractivity contribution in [1.29, 1.82) is 0 Å². The molecule has 0 aromatic heterocycles. The lowest BCUT2D eigenvalue weighted by atomic mass is 9.99. The Hall–Kier alpha value is -3.88. The average Bonchev–Trinajstić information content (AvgIpc) is 2.90. The van der Waals surface area contributed by atoms with Gasteiger partial charge in [-0.15, -0.1) is 0 Å². The van der Waals surface area contributed by atoms with Crippen molar-refractivity contribution >= 4 is 11.9 Å². The van der Waals surface area contributed by atoms with E-state index >= 15 is 0 Å². The first kappa shape index (κ1) is 30.7. The first-order valence-corrected chi connectivity index (χ1v) is 13.2. The van der Waals surface area contributed by atoms with E-state index in [0.717, 1.165) is 55.4 Å². The number of hydrogen-bond acceptors (Lipinski definition) is 3. The van der Waals surface area contributed by atoms with Gasteiger partial charge in [-0.25, -0.2) is 4.39 Å². The summed E-state index contributed by atoms with van der Waals surface area (Å²) < 4.78 is 58.6. The number of nitrogens with one attached hydrogen (secondary N) is 1. The summed E-state index contributed by atoms with van der Waals surface area (Å²) >= 11 is 0. The number of aliphatic carboxylic acids is 1. The summed E-state index contributed by atoms with van der Waals surface area (Å²) in [6, 6.07) is 15.0. The Balaban J connectivity index is 1.33. The molecule has 2 N–H and O–H groups in total. The number of benzene rings is 3. The molecule has 0 radical (unpaired) electrons. The van der Waals surface area contributed by atoms with E-state index in [2.05, 4.69) is 5.32 Å². The van der Waals surface area contributed by atoms with Gasteiger partial charge in [0.25, 0.3) is 5.91 Å². The fraction of sp³-hybridized carbons (Fsp3) is 0.355. The van der Waals surface area contributed by atoms with Crippen molar-refractivity contribution in [2.24, 2.45) is 0 Å². The Kier molecular flexibility index (Phi) is 11.1. The SMILES string of the molecule is Cc1cc(OCCCCCCCc2ccc(C(=O)NCCC(=O)O)cc2F)ccc1-c1ccc(C(F)(F)F)cc1. The summed E-state index contributed by atoms with van der Waals surface area (Å²) in [5, 5.41) is 11.1. The van der Waals surface area contributed by atoms with Crippen LogP contribution in [0, 0.1) is 12.7 Å². The Morgan fingerprint density at radius 2 is 1.60 bits per heavy atom. The Morgan fingerprint density at radius 3 is 2.25 bits per heavy atom. The third kappa shape index (κ3) is 9.39. The first-order valence-electron chi connectivity index (χ1n) is 13.2. The number of carbonyl (C=O) groups excluding carboxylic acids is 1. The van der Waals surface area contributed by atoms with Crippen molar-refractivity contribution in [2.75, 3.05) is 13.2 Å². The van der Waals surface area contributed by atoms with Crippen molar-refractivity contribution < 1.29 is 37.0 Å². The molecule has 3 aromatic carbocycles. The van der Waals surface area contributed by atoms with Gasteiger partial charge in [-0.05, 0) is 84.8 Å². The normalized spacial score (nSPS) is 11.3. The average molecular weight is 560 g/mol. The summed E-state index contributed by atoms with van der Waals surface area (Å²) in [5.74, 6) is -1.25. The maximum Gasteiger partial charge on any atom is 0.416 e. The third-order valence-corrected chi connectivity index (χ3v) is 6.52. The predicted octanol–water partition coefficient (Wildman–Crippen LogP) is 7.60. The van der Waals surface area contributed by atoms with Crippen LogP contribution in [-0.4, -0.2) is 30.1 Å². The summed E-state index contributed by atoms with van der Waals surface area (Å²) in [7, 11) is 0. The predicted molar refractivity (Wildman–Crippen MR) is 145 cm³/mol. The van der Waals surface area contributed by atoms with Gasteiger partial charge in [-0.1, -0.05) is 43.5 Å². The number of unbranched alkanes of at least 4 members (excludes halogenated alkanes) is 4. The Morgan fingerprint density at radius 1 is 0.900 bits per heavy atom. The molecule has 9 heteroatoms. The van der Waals surface area contributed by atoms with Crippen LogP contribution < -0.4 is 10.1 Å². The van der Waals surface area contributed by atoms with Gasteiger partial charge in [0.2, 0.25) is 0 Å². The highest BCUT2D eigenvalue weighted by Crippen LogP contribution is 2.32. The van der Waals surface area contributed by atoms with Crippen LogP contribution in [0.1, 0.15) is 65.6 Å². The van der Waals surface area contributed by atoms with Gasteiger partial charge in [0.05, 0.1) is 18.6 Å². The van der Waals surface area contributed by atoms with E-state index in [0.29, 0.717) is 29.9 Å². The molecular formula is C31H33F4NO4. The number of halogens is 4. The maximum absolute atomic E-state index is 14.4. The highest BCUT2D eigenvalue weighted by Gasteiger charge is 2.30. The molecule has 1 amide bonds. The zero-order valence-corrected chi connectivity index (χ0v) is 22.3. The standard InChI is InChI=1S/C31H33F4NO4/c1-21-19-26(14-15-27(21)22-10-12-25(13-11-22)31(33,34)35)40-18-6-4-2-3-5-7-23-8-9-24(20-28(23)32)30(39)36-17-16-29(37)38/h8-15,19-20H,2-7,16-18H2,1H3,(H,36,39)(H,37,38). The Bertz CT molecular complexity index is 1290. The summed E-state index contributed by atoms with van der Waals surface area (Å²) in [5.41, 5.74) is 2.51. The van der Waals surface area contributed by atoms with Crippen LogP contribution in [0.25, 0.3) is 11.1 Å². The van der Waals surface area contributed by atoms with Crippen LogP contribution in [0.15, 0.2) is 60.7 Å². The minimum absolute atomic E-state index is 0.0135. The van der Waals surface area contributed by atoms with Crippen molar-refractivity contribution in [3.63, 3.8) is 0 Å². The minimum Gasteiger partial charge on any atom is -0.494 e. The van der Waals surface area contributed by atoms with Crippen LogP contribution in [0.2, 0.25) is 0 Å². The van der Waals surface area contributed by atoms with E-state index in [1.807, 2.05) is 25.1 Å². The van der Waals surface area contributed by atoms with E-state index in [-0.39, 0.29) is 18.5 Å². The lowest BCUT2D eigenvalue weighted by Crippen LogP contribution is -2.26. The number of carbonyl (C=O) groups is 2. The van der Waals surface area contributed by atoms with Gasteiger partial charge in [-0.3, -0.25) is 9.59 Å². The van der Waals surface area contributed by atoms with Gasteiger partial charge in [-0.2, -0.15) is 13.2 Å². The lowest BCUT2D eigenvalue weighted by molar-refractivity contribution is -0.138. The largest absolute Gasteiger partial charge is 0.494 e. The molecule has 0 unspecified atom stereocenters. The van der Waals surface area contributed by atoms with Crippen molar-refractivity contribution in [1.82, 2.24) is 5.32 Å². The number of rotatable bonds is 14. The number of hydrogen-bond donors (Lipinski definition) is 2. The molecule has 0 saturated heterocycles. The van der Waals surface area contributed by atoms with Crippen LogP contribution in [0.3, 0.4) is 0 Å². The molecule has 0 heterocycles. The molecule has 3 aromatic rings. The molecule has 0 aliphatic rings. The van der Waals surface area contributed by atoms with Crippen LogP contribution in [0.4, 0.5) is 17.6 Å². The zero-order chi connectivity index (χ0) is 29.1. The Labute approximate surface area is 231 Å².